The molecule has 0 radical (unpaired) electrons. The quantitative estimate of drug-likeness (QED) is 0.667. The third-order valence-corrected chi connectivity index (χ3v) is 6.41. The second-order valence-corrected chi connectivity index (χ2v) is 8.95. The summed E-state index contributed by atoms with van der Waals surface area (Å²) in [6, 6.07) is 9.89. The third kappa shape index (κ3) is 3.36. The van der Waals surface area contributed by atoms with Crippen LogP contribution in [0.15, 0.2) is 47.5 Å². The van der Waals surface area contributed by atoms with Gasteiger partial charge in [-0.15, -0.1) is 0 Å². The van der Waals surface area contributed by atoms with Crippen molar-refractivity contribution in [3.05, 3.63) is 58.6 Å². The van der Waals surface area contributed by atoms with Gasteiger partial charge in [-0.25, -0.2) is 13.4 Å². The fourth-order valence-corrected chi connectivity index (χ4v) is 4.46. The Labute approximate surface area is 160 Å². The molecule has 8 nitrogen and oxygen atoms in total. The van der Waals surface area contributed by atoms with Gasteiger partial charge in [0.05, 0.1) is 23.2 Å². The summed E-state index contributed by atoms with van der Waals surface area (Å²) in [5.74, 6) is -0.447. The number of amides is 1. The van der Waals surface area contributed by atoms with Crippen molar-refractivity contribution in [1.82, 2.24) is 14.9 Å². The minimum absolute atomic E-state index is 0.0350. The molecule has 2 N–H and O–H groups in total. The molecule has 9 heteroatoms. The maximum absolute atomic E-state index is 12.7. The number of rotatable bonds is 2. The topological polar surface area (TPSA) is 120 Å². The number of carbonyl (C=O) groups is 1. The van der Waals surface area contributed by atoms with Gasteiger partial charge in [0.15, 0.2) is 9.84 Å². The Hall–Kier alpha value is -3.20. The number of nitrogens with zero attached hydrogens (tertiary/aromatic N) is 2. The fourth-order valence-electron chi connectivity index (χ4n) is 3.26. The molecule has 0 unspecified atom stereocenters. The number of phenolic OH excluding ortho intramolecular Hbond substituents is 1. The van der Waals surface area contributed by atoms with E-state index in [0.717, 1.165) is 0 Å². The lowest BCUT2D eigenvalue weighted by atomic mass is 10.0. The number of nitrogens with one attached hydrogen (secondary N) is 1. The Morgan fingerprint density at radius 2 is 1.86 bits per heavy atom. The van der Waals surface area contributed by atoms with Crippen LogP contribution in [0.5, 0.6) is 5.75 Å². The van der Waals surface area contributed by atoms with E-state index in [-0.39, 0.29) is 52.7 Å². The summed E-state index contributed by atoms with van der Waals surface area (Å²) in [6.07, 6.45) is 1.22. The fraction of sp³-hybridized carbons (Fsp3) is 0.211. The molecule has 1 amide bonds. The Bertz CT molecular complexity index is 1240. The molecule has 144 valence electrons. The predicted octanol–water partition coefficient (Wildman–Crippen LogP) is 1.17. The van der Waals surface area contributed by atoms with Crippen LogP contribution in [0.3, 0.4) is 0 Å². The van der Waals surface area contributed by atoms with Crippen LogP contribution in [0.4, 0.5) is 0 Å². The lowest BCUT2D eigenvalue weighted by molar-refractivity contribution is 0.0770. The SMILES string of the molecule is O=C(c1cccc(-c2cc(O)c3nc[nH]c(=O)c3c2)c1)N1CCS(=O)(=O)CC1. The van der Waals surface area contributed by atoms with Crippen LogP contribution >= 0.6 is 0 Å². The maximum Gasteiger partial charge on any atom is 0.258 e. The van der Waals surface area contributed by atoms with E-state index in [4.69, 9.17) is 0 Å². The summed E-state index contributed by atoms with van der Waals surface area (Å²) < 4.78 is 23.1. The standard InChI is InChI=1S/C19H17N3O5S/c23-16-10-14(9-15-17(16)20-11-21-18(15)24)12-2-1-3-13(8-12)19(25)22-4-6-28(26,27)7-5-22/h1-3,8-11,23H,4-7H2,(H,20,21,24). The van der Waals surface area contributed by atoms with Crippen molar-refractivity contribution >= 4 is 26.6 Å². The van der Waals surface area contributed by atoms with Crippen LogP contribution in [0, 0.1) is 0 Å². The van der Waals surface area contributed by atoms with Gasteiger partial charge in [0.2, 0.25) is 0 Å². The first-order valence-corrected chi connectivity index (χ1v) is 10.5. The zero-order valence-corrected chi connectivity index (χ0v) is 15.6. The van der Waals surface area contributed by atoms with E-state index in [1.165, 1.54) is 17.3 Å². The van der Waals surface area contributed by atoms with Crippen molar-refractivity contribution in [2.75, 3.05) is 24.6 Å². The van der Waals surface area contributed by atoms with Crippen LogP contribution in [0.2, 0.25) is 0 Å². The molecule has 28 heavy (non-hydrogen) atoms. The second-order valence-electron chi connectivity index (χ2n) is 6.65. The Kier molecular flexibility index (Phi) is 4.38. The first kappa shape index (κ1) is 18.2. The number of hydrogen-bond donors (Lipinski definition) is 2. The number of hydrogen-bond acceptors (Lipinski definition) is 6. The normalized spacial score (nSPS) is 16.2. The zero-order chi connectivity index (χ0) is 19.9. The van der Waals surface area contributed by atoms with Crippen molar-refractivity contribution in [3.63, 3.8) is 0 Å². The summed E-state index contributed by atoms with van der Waals surface area (Å²) in [6.45, 7) is 0.340. The van der Waals surface area contributed by atoms with Crippen molar-refractivity contribution in [2.24, 2.45) is 0 Å². The Balaban J connectivity index is 1.70. The highest BCUT2D eigenvalue weighted by atomic mass is 32.2. The Morgan fingerprint density at radius 1 is 1.11 bits per heavy atom. The minimum atomic E-state index is -3.07. The van der Waals surface area contributed by atoms with Crippen LogP contribution < -0.4 is 5.56 Å². The van der Waals surface area contributed by atoms with Gasteiger partial charge in [-0.2, -0.15) is 0 Å². The van der Waals surface area contributed by atoms with Gasteiger partial charge >= 0.3 is 0 Å². The van der Waals surface area contributed by atoms with Crippen molar-refractivity contribution in [3.8, 4) is 16.9 Å². The average Bonchev–Trinajstić information content (AvgIpc) is 2.68. The molecule has 1 aromatic heterocycles. The Morgan fingerprint density at radius 3 is 2.61 bits per heavy atom. The van der Waals surface area contributed by atoms with E-state index in [1.54, 1.807) is 30.3 Å². The highest BCUT2D eigenvalue weighted by Crippen LogP contribution is 2.29. The smallest absolute Gasteiger partial charge is 0.258 e. The van der Waals surface area contributed by atoms with Crippen molar-refractivity contribution in [2.45, 2.75) is 0 Å². The number of sulfone groups is 1. The molecular weight excluding hydrogens is 382 g/mol. The van der Waals surface area contributed by atoms with E-state index in [2.05, 4.69) is 9.97 Å². The second kappa shape index (κ2) is 6.75. The van der Waals surface area contributed by atoms with Crippen molar-refractivity contribution < 1.29 is 18.3 Å². The third-order valence-electron chi connectivity index (χ3n) is 4.80. The average molecular weight is 399 g/mol. The van der Waals surface area contributed by atoms with Gasteiger partial charge in [0, 0.05) is 18.7 Å². The summed E-state index contributed by atoms with van der Waals surface area (Å²) in [5, 5.41) is 10.5. The van der Waals surface area contributed by atoms with Gasteiger partial charge in [-0.1, -0.05) is 12.1 Å². The molecule has 0 spiro atoms. The molecular formula is C19H17N3O5S. The molecule has 1 aliphatic heterocycles. The van der Waals surface area contributed by atoms with E-state index in [9.17, 15) is 23.1 Å². The lowest BCUT2D eigenvalue weighted by Crippen LogP contribution is -2.43. The molecule has 0 atom stereocenters. The van der Waals surface area contributed by atoms with Crippen LogP contribution in [0.1, 0.15) is 10.4 Å². The molecule has 1 fully saturated rings. The molecule has 3 aromatic rings. The molecule has 1 aliphatic rings. The summed E-state index contributed by atoms with van der Waals surface area (Å²) >= 11 is 0. The number of phenols is 1. The van der Waals surface area contributed by atoms with E-state index in [0.29, 0.717) is 16.7 Å². The summed E-state index contributed by atoms with van der Waals surface area (Å²) in [7, 11) is -3.07. The molecule has 0 bridgehead atoms. The van der Waals surface area contributed by atoms with Gasteiger partial charge in [0.1, 0.15) is 11.3 Å². The number of H-pyrrole nitrogens is 1. The van der Waals surface area contributed by atoms with Gasteiger partial charge < -0.3 is 15.0 Å². The number of aromatic hydroxyl groups is 1. The largest absolute Gasteiger partial charge is 0.506 e. The monoisotopic (exact) mass is 399 g/mol. The predicted molar refractivity (Wildman–Crippen MR) is 104 cm³/mol. The van der Waals surface area contributed by atoms with Crippen LogP contribution in [0.25, 0.3) is 22.0 Å². The zero-order valence-electron chi connectivity index (χ0n) is 14.8. The van der Waals surface area contributed by atoms with Gasteiger partial charge in [-0.3, -0.25) is 9.59 Å². The van der Waals surface area contributed by atoms with E-state index in [1.807, 2.05) is 0 Å². The molecule has 0 aliphatic carbocycles. The molecule has 2 aromatic carbocycles. The van der Waals surface area contributed by atoms with E-state index < -0.39 is 9.84 Å². The number of fused-ring (bicyclic) bond motifs is 1. The van der Waals surface area contributed by atoms with Gasteiger partial charge in [-0.05, 0) is 35.4 Å². The number of aromatic amines is 1. The minimum Gasteiger partial charge on any atom is -0.506 e. The highest BCUT2D eigenvalue weighted by Gasteiger charge is 2.25. The first-order valence-electron chi connectivity index (χ1n) is 8.65. The lowest BCUT2D eigenvalue weighted by Gasteiger charge is -2.26. The molecule has 4 rings (SSSR count). The number of benzene rings is 2. The highest BCUT2D eigenvalue weighted by molar-refractivity contribution is 7.91. The number of aromatic nitrogens is 2. The van der Waals surface area contributed by atoms with Crippen LogP contribution in [-0.4, -0.2) is 58.9 Å². The van der Waals surface area contributed by atoms with Crippen molar-refractivity contribution in [1.29, 1.82) is 0 Å². The molecule has 2 heterocycles. The summed E-state index contributed by atoms with van der Waals surface area (Å²) in [5.41, 5.74) is 1.46. The molecule has 0 saturated carbocycles. The van der Waals surface area contributed by atoms with E-state index >= 15 is 0 Å². The molecule has 1 saturated heterocycles. The maximum atomic E-state index is 12.7. The van der Waals surface area contributed by atoms with Gasteiger partial charge in [0.25, 0.3) is 11.5 Å². The van der Waals surface area contributed by atoms with Crippen LogP contribution in [-0.2, 0) is 9.84 Å². The first-order chi connectivity index (χ1) is 13.3. The number of carbonyl (C=O) groups excluding carboxylic acids is 1. The summed E-state index contributed by atoms with van der Waals surface area (Å²) in [4.78, 5) is 32.7.